The molecule has 0 spiro atoms. The molecule has 1 saturated heterocycles. The van der Waals surface area contributed by atoms with E-state index in [1.807, 2.05) is 26.0 Å². The van der Waals surface area contributed by atoms with Crippen LogP contribution in [0.1, 0.15) is 77.5 Å². The van der Waals surface area contributed by atoms with Gasteiger partial charge >= 0.3 is 12.1 Å². The van der Waals surface area contributed by atoms with E-state index in [2.05, 4.69) is 25.7 Å². The number of anilines is 1. The predicted octanol–water partition coefficient (Wildman–Crippen LogP) is 5.17. The van der Waals surface area contributed by atoms with E-state index in [-0.39, 0.29) is 23.6 Å². The molecule has 2 aliphatic rings. The number of aromatic nitrogens is 4. The minimum atomic E-state index is -4.74. The summed E-state index contributed by atoms with van der Waals surface area (Å²) in [6, 6.07) is 8.61. The van der Waals surface area contributed by atoms with Gasteiger partial charge in [0.2, 0.25) is 15.8 Å². The number of benzene rings is 1. The van der Waals surface area contributed by atoms with Crippen molar-refractivity contribution in [1.29, 1.82) is 0 Å². The van der Waals surface area contributed by atoms with Crippen LogP contribution in [0.15, 0.2) is 41.4 Å². The van der Waals surface area contributed by atoms with Gasteiger partial charge in [-0.15, -0.1) is 10.2 Å². The molecule has 0 amide bonds. The number of halogens is 3. The van der Waals surface area contributed by atoms with Crippen LogP contribution in [-0.2, 0) is 38.7 Å². The molecular weight excluding hydrogens is 750 g/mol. The van der Waals surface area contributed by atoms with Gasteiger partial charge < -0.3 is 20.5 Å². The number of ether oxygens (including phenoxy) is 1. The number of sulfonamides is 1. The predicted molar refractivity (Wildman–Crippen MR) is 205 cm³/mol. The van der Waals surface area contributed by atoms with Crippen molar-refractivity contribution < 1.29 is 36.2 Å². The summed E-state index contributed by atoms with van der Waals surface area (Å²) in [5, 5.41) is 24.5. The summed E-state index contributed by atoms with van der Waals surface area (Å²) >= 11 is 0. The average molecular weight is 801 g/mol. The molecule has 0 unspecified atom stereocenters. The van der Waals surface area contributed by atoms with Crippen LogP contribution >= 0.6 is 0 Å². The number of rotatable bonds is 10. The van der Waals surface area contributed by atoms with Gasteiger partial charge in [0.1, 0.15) is 10.7 Å². The van der Waals surface area contributed by atoms with E-state index in [9.17, 15) is 31.5 Å². The maximum atomic E-state index is 14.7. The molecule has 0 aliphatic carbocycles. The van der Waals surface area contributed by atoms with Crippen molar-refractivity contribution in [2.45, 2.75) is 77.4 Å². The Morgan fingerprint density at radius 2 is 1.75 bits per heavy atom. The minimum absolute atomic E-state index is 0.0114. The zero-order chi connectivity index (χ0) is 40.4. The average Bonchev–Trinajstić information content (AvgIpc) is 3.59. The Bertz CT molecular complexity index is 2170. The number of hydrogen-bond acceptors (Lipinski definition) is 10. The number of aliphatic carboxylic acids is 1. The molecular formula is C39H51F3N8O5S. The first kappa shape index (κ1) is 41.5. The zero-order valence-electron chi connectivity index (χ0n) is 32.5. The normalized spacial score (nSPS) is 18.3. The Hall–Kier alpha value is -4.16. The van der Waals surface area contributed by atoms with E-state index in [1.165, 1.54) is 16.6 Å². The molecule has 2 aliphatic heterocycles. The Morgan fingerprint density at radius 3 is 2.46 bits per heavy atom. The number of alkyl halides is 3. The van der Waals surface area contributed by atoms with Gasteiger partial charge in [-0.05, 0) is 99.4 Å². The summed E-state index contributed by atoms with van der Waals surface area (Å²) in [7, 11) is -4.09. The number of nitrogens with one attached hydrogen (secondary N) is 2. The molecule has 56 heavy (non-hydrogen) atoms. The second-order valence-corrected chi connectivity index (χ2v) is 17.2. The largest absolute Gasteiger partial charge is 0.481 e. The molecule has 5 heterocycles. The van der Waals surface area contributed by atoms with Gasteiger partial charge in [0.05, 0.1) is 11.1 Å². The zero-order valence-corrected chi connectivity index (χ0v) is 33.4. The van der Waals surface area contributed by atoms with Gasteiger partial charge in [0.15, 0.2) is 5.65 Å². The first-order valence-electron chi connectivity index (χ1n) is 19.0. The first-order chi connectivity index (χ1) is 26.5. The first-order valence-corrected chi connectivity index (χ1v) is 20.4. The minimum Gasteiger partial charge on any atom is -0.481 e. The van der Waals surface area contributed by atoms with Crippen LogP contribution in [0.4, 0.5) is 19.0 Å². The molecule has 17 heteroatoms. The molecule has 0 radical (unpaired) electrons. The standard InChI is InChI=1S/C39H51F3N8O5S/c1-25-9-10-28(33(38(4,5)37(51)52)30-11-16-50-35(27(30)3)46-47-36(50)39(40,41)42)23-29(25)24-49-15-7-21-55-20-6-8-31-32(56(49,53)54)22-26(2)34(45-31)44-14-19-48-17-12-43-13-18-48/h9-11,16,22-23,33,43H,6-8,12-15,17-21,24H2,1-5H3,(H,44,45)(H,51,52)/t33-/m1/s1. The number of carboxylic acids is 1. The van der Waals surface area contributed by atoms with E-state index in [1.54, 1.807) is 32.9 Å². The topological polar surface area (TPSA) is 154 Å². The second-order valence-electron chi connectivity index (χ2n) is 15.3. The molecule has 1 fully saturated rings. The fourth-order valence-corrected chi connectivity index (χ4v) is 9.36. The third-order valence-corrected chi connectivity index (χ3v) is 12.9. The highest BCUT2D eigenvalue weighted by molar-refractivity contribution is 7.89. The molecule has 0 bridgehead atoms. The van der Waals surface area contributed by atoms with Crippen LogP contribution in [-0.4, -0.2) is 107 Å². The van der Waals surface area contributed by atoms with Gasteiger partial charge in [0.25, 0.3) is 0 Å². The van der Waals surface area contributed by atoms with Crippen molar-refractivity contribution in [2.24, 2.45) is 5.41 Å². The maximum absolute atomic E-state index is 14.7. The van der Waals surface area contributed by atoms with Crippen molar-refractivity contribution in [3.05, 3.63) is 81.4 Å². The molecule has 4 aromatic rings. The van der Waals surface area contributed by atoms with Gasteiger partial charge in [-0.1, -0.05) is 18.2 Å². The highest BCUT2D eigenvalue weighted by Crippen LogP contribution is 2.44. The Kier molecular flexibility index (Phi) is 12.4. The Labute approximate surface area is 325 Å². The van der Waals surface area contributed by atoms with Gasteiger partial charge in [-0.25, -0.2) is 13.4 Å². The van der Waals surface area contributed by atoms with Crippen molar-refractivity contribution in [2.75, 3.05) is 64.3 Å². The summed E-state index contributed by atoms with van der Waals surface area (Å²) in [6.07, 6.45) is -2.05. The number of hydrogen-bond donors (Lipinski definition) is 3. The summed E-state index contributed by atoms with van der Waals surface area (Å²) in [5.74, 6) is -2.50. The van der Waals surface area contributed by atoms with Crippen LogP contribution in [0.25, 0.3) is 5.65 Å². The van der Waals surface area contributed by atoms with Gasteiger partial charge in [-0.3, -0.25) is 14.1 Å². The number of piperazine rings is 1. The molecule has 304 valence electrons. The van der Waals surface area contributed by atoms with Crippen LogP contribution in [0, 0.1) is 26.2 Å². The van der Waals surface area contributed by atoms with Gasteiger partial charge in [-0.2, -0.15) is 17.5 Å². The summed E-state index contributed by atoms with van der Waals surface area (Å²) in [4.78, 5) is 20.2. The maximum Gasteiger partial charge on any atom is 0.452 e. The summed E-state index contributed by atoms with van der Waals surface area (Å²) in [5.41, 5.74) is 2.54. The van der Waals surface area contributed by atoms with E-state index < -0.39 is 39.3 Å². The van der Waals surface area contributed by atoms with E-state index in [0.717, 1.165) is 48.3 Å². The van der Waals surface area contributed by atoms with Crippen LogP contribution in [0.5, 0.6) is 0 Å². The molecule has 1 atom stereocenters. The summed E-state index contributed by atoms with van der Waals surface area (Å²) < 4.78 is 78.7. The Morgan fingerprint density at radius 1 is 1.02 bits per heavy atom. The quantitative estimate of drug-likeness (QED) is 0.195. The lowest BCUT2D eigenvalue weighted by Gasteiger charge is -2.33. The van der Waals surface area contributed by atoms with Crippen molar-refractivity contribution in [3.63, 3.8) is 0 Å². The molecule has 13 nitrogen and oxygen atoms in total. The number of carboxylic acid groups (broad SMARTS) is 1. The lowest BCUT2D eigenvalue weighted by molar-refractivity contribution is -0.147. The Balaban J connectivity index is 1.36. The fraction of sp³-hybridized carbons (Fsp3) is 0.538. The highest BCUT2D eigenvalue weighted by Gasteiger charge is 2.42. The van der Waals surface area contributed by atoms with E-state index in [4.69, 9.17) is 9.72 Å². The number of pyridine rings is 2. The van der Waals surface area contributed by atoms with Crippen LogP contribution in [0.3, 0.4) is 0 Å². The van der Waals surface area contributed by atoms with Crippen LogP contribution in [0.2, 0.25) is 0 Å². The number of nitrogens with zero attached hydrogens (tertiary/aromatic N) is 6. The highest BCUT2D eigenvalue weighted by atomic mass is 32.2. The molecule has 3 N–H and O–H groups in total. The van der Waals surface area contributed by atoms with Gasteiger partial charge in [0, 0.05) is 77.7 Å². The third kappa shape index (κ3) is 8.71. The van der Waals surface area contributed by atoms with Crippen molar-refractivity contribution in [1.82, 2.24) is 34.1 Å². The molecule has 1 aromatic carbocycles. The molecule has 6 rings (SSSR count). The third-order valence-electron chi connectivity index (χ3n) is 11.0. The lowest BCUT2D eigenvalue weighted by atomic mass is 9.70. The smallest absolute Gasteiger partial charge is 0.452 e. The van der Waals surface area contributed by atoms with Crippen LogP contribution < -0.4 is 10.6 Å². The SMILES string of the molecule is Cc1ccc([C@H](c2ccn3c(C(F)(F)F)nnc3c2C)C(C)(C)C(=O)O)cc1CN1CCCOCCCc2nc(NCCN3CCNCC3)c(C)cc2S1(=O)=O. The molecule has 0 saturated carbocycles. The van der Waals surface area contributed by atoms with E-state index >= 15 is 0 Å². The summed E-state index contributed by atoms with van der Waals surface area (Å²) in [6.45, 7) is 14.8. The number of carbonyl (C=O) groups is 1. The number of fused-ring (bicyclic) bond motifs is 2. The van der Waals surface area contributed by atoms with E-state index in [0.29, 0.717) is 72.8 Å². The number of aryl methyl sites for hydroxylation is 4. The fourth-order valence-electron chi connectivity index (χ4n) is 7.63. The monoisotopic (exact) mass is 800 g/mol. The lowest BCUT2D eigenvalue weighted by Crippen LogP contribution is -2.45. The molecule has 3 aromatic heterocycles. The van der Waals surface area contributed by atoms with Crippen molar-refractivity contribution >= 4 is 27.5 Å². The second kappa shape index (κ2) is 16.7. The van der Waals surface area contributed by atoms with Crippen molar-refractivity contribution in [3.8, 4) is 0 Å².